The molecule has 0 aliphatic heterocycles. The minimum absolute atomic E-state index is 0.0275. The first-order valence-corrected chi connectivity index (χ1v) is 10.4. The Labute approximate surface area is 224 Å². The van der Waals surface area contributed by atoms with Crippen molar-refractivity contribution in [1.82, 2.24) is 0 Å². The summed E-state index contributed by atoms with van der Waals surface area (Å²) in [5.74, 6) is -7.20. The average molecular weight is 547 g/mol. The fourth-order valence-electron chi connectivity index (χ4n) is 2.73. The van der Waals surface area contributed by atoms with Crippen LogP contribution in [0.3, 0.4) is 0 Å². The van der Waals surface area contributed by atoms with E-state index in [0.29, 0.717) is 0 Å². The number of aliphatic carboxylic acids is 3. The van der Waals surface area contributed by atoms with Gasteiger partial charge in [-0.1, -0.05) is 38.0 Å². The van der Waals surface area contributed by atoms with Crippen molar-refractivity contribution in [2.75, 3.05) is 0 Å². The number of allylic oxidation sites excluding steroid dienone is 3. The molecule has 0 spiro atoms. The van der Waals surface area contributed by atoms with Crippen LogP contribution in [0.15, 0.2) is 75.9 Å². The lowest BCUT2D eigenvalue weighted by Gasteiger charge is -2.20. The zero-order valence-electron chi connectivity index (χ0n) is 21.0. The van der Waals surface area contributed by atoms with E-state index in [0.717, 1.165) is 18.2 Å². The van der Waals surface area contributed by atoms with E-state index in [1.54, 1.807) is 0 Å². The standard InChI is InChI=1S/C18H18O6.3C3H4O2/c1-4-7-10-11(8-5-2)14(17(21)22)15(18(23)24)12(9-6-3)13(10)16(19)20;3*1-2-3(4)5/h4-6H,1-3,7-9H2,(H,19,20)(H,21,22)(H,23,24);3*2H,1H2,(H,4,5). The molecule has 0 amide bonds. The Bertz CT molecular complexity index is 1110. The first-order chi connectivity index (χ1) is 18.1. The second kappa shape index (κ2) is 20.7. The smallest absolute Gasteiger partial charge is 0.336 e. The van der Waals surface area contributed by atoms with Crippen LogP contribution in [0.2, 0.25) is 0 Å². The maximum atomic E-state index is 11.8. The molecule has 12 nitrogen and oxygen atoms in total. The number of aromatic carboxylic acids is 3. The SMILES string of the molecule is C=CC(=O)O.C=CC(=O)O.C=CC(=O)O.C=CCc1c(CC=C)c(C(=O)O)c(C(=O)O)c(CC=C)c1C(=O)O. The number of carbonyl (C=O) groups is 6. The third kappa shape index (κ3) is 14.6. The average Bonchev–Trinajstić information content (AvgIpc) is 2.85. The van der Waals surface area contributed by atoms with E-state index in [-0.39, 0.29) is 41.5 Å². The van der Waals surface area contributed by atoms with Gasteiger partial charge in [-0.2, -0.15) is 0 Å². The van der Waals surface area contributed by atoms with Gasteiger partial charge in [-0.15, -0.1) is 19.7 Å². The number of hydrogen-bond acceptors (Lipinski definition) is 6. The number of carboxylic acid groups (broad SMARTS) is 6. The Kier molecular flexibility index (Phi) is 20.1. The molecule has 0 unspecified atom stereocenters. The van der Waals surface area contributed by atoms with Crippen molar-refractivity contribution < 1.29 is 59.4 Å². The van der Waals surface area contributed by atoms with Gasteiger partial charge in [-0.05, 0) is 36.0 Å². The zero-order valence-corrected chi connectivity index (χ0v) is 21.0. The van der Waals surface area contributed by atoms with E-state index in [2.05, 4.69) is 39.5 Å². The summed E-state index contributed by atoms with van der Waals surface area (Å²) in [7, 11) is 0. The highest BCUT2D eigenvalue weighted by molar-refractivity contribution is 6.07. The summed E-state index contributed by atoms with van der Waals surface area (Å²) in [6.45, 7) is 19.5. The number of benzene rings is 1. The fourth-order valence-corrected chi connectivity index (χ4v) is 2.73. The molecule has 0 saturated carbocycles. The van der Waals surface area contributed by atoms with E-state index in [1.165, 1.54) is 18.2 Å². The molecule has 0 atom stereocenters. The van der Waals surface area contributed by atoms with E-state index in [4.69, 9.17) is 15.3 Å². The quantitative estimate of drug-likeness (QED) is 0.163. The van der Waals surface area contributed by atoms with Gasteiger partial charge in [-0.25, -0.2) is 28.8 Å². The van der Waals surface area contributed by atoms with Crippen LogP contribution in [-0.4, -0.2) is 66.5 Å². The van der Waals surface area contributed by atoms with Crippen LogP contribution >= 0.6 is 0 Å². The van der Waals surface area contributed by atoms with Crippen molar-refractivity contribution >= 4 is 35.8 Å². The lowest BCUT2D eigenvalue weighted by Crippen LogP contribution is -2.21. The summed E-state index contributed by atoms with van der Waals surface area (Å²) in [5, 5.41) is 51.5. The van der Waals surface area contributed by atoms with Gasteiger partial charge in [0.15, 0.2) is 0 Å². The Morgan fingerprint density at radius 2 is 0.641 bits per heavy atom. The highest BCUT2D eigenvalue weighted by Gasteiger charge is 2.31. The Balaban J connectivity index is -0.000000703. The number of carboxylic acids is 6. The third-order valence-corrected chi connectivity index (χ3v) is 4.03. The molecular weight excluding hydrogens is 516 g/mol. The molecule has 6 N–H and O–H groups in total. The predicted molar refractivity (Wildman–Crippen MR) is 143 cm³/mol. The molecular formula is C27H30O12. The second-order valence-corrected chi connectivity index (χ2v) is 6.58. The van der Waals surface area contributed by atoms with Gasteiger partial charge in [-0.3, -0.25) is 0 Å². The van der Waals surface area contributed by atoms with Gasteiger partial charge in [0.1, 0.15) is 0 Å². The lowest BCUT2D eigenvalue weighted by atomic mass is 9.82. The van der Waals surface area contributed by atoms with Gasteiger partial charge in [0.2, 0.25) is 0 Å². The van der Waals surface area contributed by atoms with E-state index < -0.39 is 46.9 Å². The molecule has 0 bridgehead atoms. The molecule has 12 heteroatoms. The molecule has 1 rings (SSSR count). The van der Waals surface area contributed by atoms with Crippen LogP contribution in [0.25, 0.3) is 0 Å². The molecule has 210 valence electrons. The van der Waals surface area contributed by atoms with Crippen molar-refractivity contribution in [2.45, 2.75) is 19.3 Å². The van der Waals surface area contributed by atoms with Crippen molar-refractivity contribution in [3.63, 3.8) is 0 Å². The van der Waals surface area contributed by atoms with Gasteiger partial charge >= 0.3 is 35.8 Å². The number of rotatable bonds is 12. The van der Waals surface area contributed by atoms with Gasteiger partial charge in [0, 0.05) is 18.2 Å². The maximum absolute atomic E-state index is 11.8. The molecule has 0 aliphatic rings. The largest absolute Gasteiger partial charge is 0.478 e. The van der Waals surface area contributed by atoms with Crippen LogP contribution in [0.4, 0.5) is 0 Å². The summed E-state index contributed by atoms with van der Waals surface area (Å²) in [5.41, 5.74) is -0.872. The Morgan fingerprint density at radius 1 is 0.436 bits per heavy atom. The summed E-state index contributed by atoms with van der Waals surface area (Å²) in [6.07, 6.45) is 6.72. The van der Waals surface area contributed by atoms with Gasteiger partial charge < -0.3 is 30.6 Å². The first-order valence-electron chi connectivity index (χ1n) is 10.4. The van der Waals surface area contributed by atoms with E-state index >= 15 is 0 Å². The summed E-state index contributed by atoms with van der Waals surface area (Å²) in [4.78, 5) is 62.9. The highest BCUT2D eigenvalue weighted by Crippen LogP contribution is 2.31. The molecule has 0 heterocycles. The molecule has 1 aromatic rings. The topological polar surface area (TPSA) is 224 Å². The van der Waals surface area contributed by atoms with Crippen LogP contribution in [0, 0.1) is 0 Å². The molecule has 0 radical (unpaired) electrons. The Hall–Kier alpha value is -5.52. The normalized spacial score (nSPS) is 8.62. The van der Waals surface area contributed by atoms with Crippen LogP contribution in [-0.2, 0) is 33.6 Å². The van der Waals surface area contributed by atoms with Crippen LogP contribution in [0.5, 0.6) is 0 Å². The van der Waals surface area contributed by atoms with Crippen LogP contribution < -0.4 is 0 Å². The fraction of sp³-hybridized carbons (Fsp3) is 0.111. The Morgan fingerprint density at radius 3 is 0.846 bits per heavy atom. The second-order valence-electron chi connectivity index (χ2n) is 6.58. The highest BCUT2D eigenvalue weighted by atomic mass is 16.4. The zero-order chi connectivity index (χ0) is 31.3. The van der Waals surface area contributed by atoms with Crippen LogP contribution in [0.1, 0.15) is 47.8 Å². The molecule has 0 fully saturated rings. The maximum Gasteiger partial charge on any atom is 0.336 e. The minimum atomic E-state index is -1.50. The minimum Gasteiger partial charge on any atom is -0.478 e. The molecule has 39 heavy (non-hydrogen) atoms. The summed E-state index contributed by atoms with van der Waals surface area (Å²) >= 11 is 0. The van der Waals surface area contributed by atoms with Crippen molar-refractivity contribution in [1.29, 1.82) is 0 Å². The third-order valence-electron chi connectivity index (χ3n) is 4.03. The molecule has 0 saturated heterocycles. The van der Waals surface area contributed by atoms with Crippen molar-refractivity contribution in [2.24, 2.45) is 0 Å². The molecule has 0 aromatic heterocycles. The van der Waals surface area contributed by atoms with Gasteiger partial charge in [0.25, 0.3) is 0 Å². The monoisotopic (exact) mass is 546 g/mol. The number of hydrogen-bond donors (Lipinski definition) is 6. The predicted octanol–water partition coefficient (Wildman–Crippen LogP) is 3.74. The summed E-state index contributed by atoms with van der Waals surface area (Å²) < 4.78 is 0. The molecule has 1 aromatic carbocycles. The van der Waals surface area contributed by atoms with Gasteiger partial charge in [0.05, 0.1) is 16.7 Å². The lowest BCUT2D eigenvalue weighted by molar-refractivity contribution is -0.132. The molecule has 0 aliphatic carbocycles. The first kappa shape index (κ1) is 38.0. The van der Waals surface area contributed by atoms with Crippen molar-refractivity contribution in [3.05, 3.63) is 109 Å². The van der Waals surface area contributed by atoms with E-state index in [9.17, 15) is 44.1 Å². The van der Waals surface area contributed by atoms with E-state index in [1.807, 2.05) is 0 Å². The summed E-state index contributed by atoms with van der Waals surface area (Å²) in [6, 6.07) is 0. The van der Waals surface area contributed by atoms with Crippen molar-refractivity contribution in [3.8, 4) is 0 Å².